The van der Waals surface area contributed by atoms with Gasteiger partial charge in [-0.3, -0.25) is 4.79 Å². The molecule has 2 rings (SSSR count). The Kier molecular flexibility index (Phi) is 4.44. The average molecular weight is 307 g/mol. The lowest BCUT2D eigenvalue weighted by Gasteiger charge is -2.13. The van der Waals surface area contributed by atoms with Crippen molar-refractivity contribution in [3.05, 3.63) is 58.5 Å². The van der Waals surface area contributed by atoms with Crippen molar-refractivity contribution in [1.82, 2.24) is 9.71 Å². The first-order chi connectivity index (χ1) is 9.90. The Morgan fingerprint density at radius 1 is 1.14 bits per heavy atom. The molecular weight excluding hydrogens is 290 g/mol. The molecule has 0 bridgehead atoms. The fourth-order valence-electron chi connectivity index (χ4n) is 1.78. The van der Waals surface area contributed by atoms with Gasteiger partial charge in [0.2, 0.25) is 15.5 Å². The summed E-state index contributed by atoms with van der Waals surface area (Å²) in [6, 6.07) is 8.67. The van der Waals surface area contributed by atoms with E-state index >= 15 is 0 Å². The van der Waals surface area contributed by atoms with Gasteiger partial charge in [0, 0.05) is 44.8 Å². The summed E-state index contributed by atoms with van der Waals surface area (Å²) in [5.74, 6) is 0. The van der Waals surface area contributed by atoms with Crippen LogP contribution in [0.1, 0.15) is 5.56 Å². The van der Waals surface area contributed by atoms with Crippen molar-refractivity contribution in [1.29, 1.82) is 0 Å². The zero-order chi connectivity index (χ0) is 15.5. The molecule has 0 saturated heterocycles. The van der Waals surface area contributed by atoms with Crippen LogP contribution in [0.4, 0.5) is 5.69 Å². The number of sulfonamides is 1. The molecule has 2 aromatic rings. The summed E-state index contributed by atoms with van der Waals surface area (Å²) in [5.41, 5.74) is 1.31. The third kappa shape index (κ3) is 3.71. The van der Waals surface area contributed by atoms with Crippen molar-refractivity contribution >= 4 is 15.7 Å². The highest BCUT2D eigenvalue weighted by Crippen LogP contribution is 2.12. The summed E-state index contributed by atoms with van der Waals surface area (Å²) in [6.07, 6.45) is 2.57. The number of nitrogens with zero attached hydrogens (tertiary/aromatic N) is 1. The van der Waals surface area contributed by atoms with Gasteiger partial charge in [-0.2, -0.15) is 0 Å². The zero-order valence-electron chi connectivity index (χ0n) is 11.8. The molecule has 1 heterocycles. The molecule has 6 nitrogen and oxygen atoms in total. The smallest absolute Gasteiger partial charge is 0.246 e. The molecule has 0 saturated carbocycles. The van der Waals surface area contributed by atoms with Gasteiger partial charge in [-0.1, -0.05) is 12.1 Å². The Morgan fingerprint density at radius 3 is 2.38 bits per heavy atom. The minimum absolute atomic E-state index is 0.129. The molecule has 0 unspecified atom stereocenters. The molecule has 0 spiro atoms. The van der Waals surface area contributed by atoms with E-state index in [0.29, 0.717) is 0 Å². The lowest BCUT2D eigenvalue weighted by Crippen LogP contribution is -2.28. The van der Waals surface area contributed by atoms with Crippen LogP contribution in [0.3, 0.4) is 0 Å². The largest absolute Gasteiger partial charge is 0.378 e. The zero-order valence-corrected chi connectivity index (χ0v) is 12.6. The summed E-state index contributed by atoms with van der Waals surface area (Å²) in [6.45, 7) is 0.129. The second-order valence-electron chi connectivity index (χ2n) is 4.76. The molecule has 0 aliphatic rings. The van der Waals surface area contributed by atoms with E-state index in [1.807, 2.05) is 43.3 Å². The van der Waals surface area contributed by atoms with E-state index in [2.05, 4.69) is 9.71 Å². The Hall–Kier alpha value is -2.12. The SMILES string of the molecule is CN(C)c1ccc(CNS(=O)(=O)c2c[nH]ccc2=O)cc1. The van der Waals surface area contributed by atoms with Crippen LogP contribution in [0, 0.1) is 0 Å². The highest BCUT2D eigenvalue weighted by atomic mass is 32.2. The van der Waals surface area contributed by atoms with Crippen LogP contribution in [0.5, 0.6) is 0 Å². The molecule has 0 aliphatic heterocycles. The molecule has 112 valence electrons. The maximum absolute atomic E-state index is 12.1. The van der Waals surface area contributed by atoms with E-state index in [-0.39, 0.29) is 11.4 Å². The number of pyridine rings is 1. The summed E-state index contributed by atoms with van der Waals surface area (Å²) in [4.78, 5) is 15.8. The second-order valence-corrected chi connectivity index (χ2v) is 6.49. The van der Waals surface area contributed by atoms with Gasteiger partial charge in [-0.25, -0.2) is 13.1 Å². The Labute approximate surface area is 123 Å². The molecule has 7 heteroatoms. The van der Waals surface area contributed by atoms with Gasteiger partial charge in [0.1, 0.15) is 4.90 Å². The number of H-pyrrole nitrogens is 1. The summed E-state index contributed by atoms with van der Waals surface area (Å²) in [5, 5.41) is 0. The predicted octanol–water partition coefficient (Wildman–Crippen LogP) is 0.919. The highest BCUT2D eigenvalue weighted by Gasteiger charge is 2.16. The molecule has 0 aliphatic carbocycles. The second kappa shape index (κ2) is 6.11. The first-order valence-corrected chi connectivity index (χ1v) is 7.81. The van der Waals surface area contributed by atoms with Gasteiger partial charge in [0.05, 0.1) is 0 Å². The van der Waals surface area contributed by atoms with E-state index < -0.39 is 15.5 Å². The number of rotatable bonds is 5. The fourth-order valence-corrected chi connectivity index (χ4v) is 2.85. The van der Waals surface area contributed by atoms with E-state index in [1.165, 1.54) is 18.5 Å². The lowest BCUT2D eigenvalue weighted by molar-refractivity contribution is 0.580. The van der Waals surface area contributed by atoms with Gasteiger partial charge in [0.25, 0.3) is 0 Å². The Bertz CT molecular complexity index is 765. The molecule has 2 N–H and O–H groups in total. The minimum atomic E-state index is -3.82. The lowest BCUT2D eigenvalue weighted by atomic mass is 10.2. The van der Waals surface area contributed by atoms with Crippen molar-refractivity contribution in [2.45, 2.75) is 11.4 Å². The quantitative estimate of drug-likeness (QED) is 0.860. The summed E-state index contributed by atoms with van der Waals surface area (Å²) >= 11 is 0. The Balaban J connectivity index is 2.12. The maximum Gasteiger partial charge on any atom is 0.246 e. The monoisotopic (exact) mass is 307 g/mol. The van der Waals surface area contributed by atoms with Crippen LogP contribution >= 0.6 is 0 Å². The van der Waals surface area contributed by atoms with Crippen LogP contribution < -0.4 is 15.1 Å². The van der Waals surface area contributed by atoms with Gasteiger partial charge in [0.15, 0.2) is 0 Å². The molecular formula is C14H17N3O3S. The maximum atomic E-state index is 12.1. The molecule has 0 amide bonds. The van der Waals surface area contributed by atoms with Crippen LogP contribution in [0.15, 0.2) is 52.4 Å². The highest BCUT2D eigenvalue weighted by molar-refractivity contribution is 7.89. The predicted molar refractivity (Wildman–Crippen MR) is 81.9 cm³/mol. The number of nitrogens with one attached hydrogen (secondary N) is 2. The Morgan fingerprint density at radius 2 is 1.81 bits per heavy atom. The van der Waals surface area contributed by atoms with E-state index in [9.17, 15) is 13.2 Å². The number of hydrogen-bond donors (Lipinski definition) is 2. The van der Waals surface area contributed by atoms with Crippen molar-refractivity contribution in [2.75, 3.05) is 19.0 Å². The standard InChI is InChI=1S/C14H17N3O3S/c1-17(2)12-5-3-11(4-6-12)9-16-21(19,20)14-10-15-8-7-13(14)18/h3-8,10,16H,9H2,1-2H3,(H,15,18). The van der Waals surface area contributed by atoms with Crippen LogP contribution in [-0.4, -0.2) is 27.5 Å². The van der Waals surface area contributed by atoms with Crippen LogP contribution in [-0.2, 0) is 16.6 Å². The number of benzene rings is 1. The van der Waals surface area contributed by atoms with Crippen molar-refractivity contribution in [3.8, 4) is 0 Å². The number of aromatic amines is 1. The molecule has 0 fully saturated rings. The molecule has 0 radical (unpaired) electrons. The molecule has 21 heavy (non-hydrogen) atoms. The van der Waals surface area contributed by atoms with Gasteiger partial charge >= 0.3 is 0 Å². The van der Waals surface area contributed by atoms with Crippen LogP contribution in [0.2, 0.25) is 0 Å². The fraction of sp³-hybridized carbons (Fsp3) is 0.214. The van der Waals surface area contributed by atoms with Crippen molar-refractivity contribution < 1.29 is 8.42 Å². The van der Waals surface area contributed by atoms with E-state index in [0.717, 1.165) is 11.3 Å². The minimum Gasteiger partial charge on any atom is -0.378 e. The van der Waals surface area contributed by atoms with Gasteiger partial charge in [-0.05, 0) is 17.7 Å². The van der Waals surface area contributed by atoms with Crippen molar-refractivity contribution in [2.24, 2.45) is 0 Å². The van der Waals surface area contributed by atoms with Crippen LogP contribution in [0.25, 0.3) is 0 Å². The molecule has 1 aromatic heterocycles. The normalized spacial score (nSPS) is 11.3. The third-order valence-corrected chi connectivity index (χ3v) is 4.42. The topological polar surface area (TPSA) is 82.3 Å². The number of hydrogen-bond acceptors (Lipinski definition) is 4. The number of anilines is 1. The first-order valence-electron chi connectivity index (χ1n) is 6.33. The van der Waals surface area contributed by atoms with E-state index in [1.54, 1.807) is 0 Å². The van der Waals surface area contributed by atoms with E-state index in [4.69, 9.17) is 0 Å². The molecule has 1 aromatic carbocycles. The number of aromatic nitrogens is 1. The van der Waals surface area contributed by atoms with Gasteiger partial charge in [-0.15, -0.1) is 0 Å². The van der Waals surface area contributed by atoms with Gasteiger partial charge < -0.3 is 9.88 Å². The summed E-state index contributed by atoms with van der Waals surface area (Å²) < 4.78 is 26.5. The summed E-state index contributed by atoms with van der Waals surface area (Å²) in [7, 11) is 0.0401. The average Bonchev–Trinajstić information content (AvgIpc) is 2.46. The molecule has 0 atom stereocenters. The third-order valence-electron chi connectivity index (χ3n) is 3.00. The first kappa shape index (κ1) is 15.3. The van der Waals surface area contributed by atoms with Crippen molar-refractivity contribution in [3.63, 3.8) is 0 Å².